The molecule has 1 spiro atoms. The van der Waals surface area contributed by atoms with E-state index in [-0.39, 0.29) is 17.9 Å². The maximum atomic E-state index is 12.6. The fourth-order valence-electron chi connectivity index (χ4n) is 4.42. The third-order valence-corrected chi connectivity index (χ3v) is 6.13. The molecule has 2 amide bonds. The number of carbonyl (C=O) groups is 1. The molecule has 1 N–H and O–H groups in total. The first-order valence-corrected chi connectivity index (χ1v) is 9.71. The summed E-state index contributed by atoms with van der Waals surface area (Å²) in [5.74, 6) is 0.366. The Morgan fingerprint density at radius 3 is 2.33 bits per heavy atom. The van der Waals surface area contributed by atoms with Gasteiger partial charge in [-0.25, -0.2) is 4.79 Å². The highest BCUT2D eigenvalue weighted by Crippen LogP contribution is 2.36. The third kappa shape index (κ3) is 4.23. The minimum absolute atomic E-state index is 0.124. The lowest BCUT2D eigenvalue weighted by Crippen LogP contribution is -2.48. The quantitative estimate of drug-likeness (QED) is 0.796. The Kier molecular flexibility index (Phi) is 5.40. The van der Waals surface area contributed by atoms with Crippen molar-refractivity contribution in [3.05, 3.63) is 0 Å². The van der Waals surface area contributed by atoms with Crippen LogP contribution in [0.4, 0.5) is 4.79 Å². The molecule has 1 aliphatic carbocycles. The van der Waals surface area contributed by atoms with Crippen LogP contribution in [-0.4, -0.2) is 49.1 Å². The summed E-state index contributed by atoms with van der Waals surface area (Å²) in [5.41, 5.74) is 0.339. The van der Waals surface area contributed by atoms with E-state index in [0.717, 1.165) is 51.6 Å². The number of likely N-dealkylation sites (tertiary alicyclic amines) is 1. The first-order chi connectivity index (χ1) is 11.4. The van der Waals surface area contributed by atoms with Gasteiger partial charge in [0.05, 0.1) is 13.2 Å². The van der Waals surface area contributed by atoms with E-state index in [2.05, 4.69) is 26.1 Å². The first kappa shape index (κ1) is 18.0. The second kappa shape index (κ2) is 7.20. The van der Waals surface area contributed by atoms with Crippen molar-refractivity contribution in [3.63, 3.8) is 0 Å². The van der Waals surface area contributed by atoms with E-state index in [9.17, 15) is 4.79 Å². The summed E-state index contributed by atoms with van der Waals surface area (Å²) >= 11 is 0. The fourth-order valence-corrected chi connectivity index (χ4v) is 4.42. The van der Waals surface area contributed by atoms with Gasteiger partial charge in [0.1, 0.15) is 0 Å². The van der Waals surface area contributed by atoms with E-state index in [1.54, 1.807) is 0 Å². The average molecular weight is 338 g/mol. The van der Waals surface area contributed by atoms with E-state index < -0.39 is 0 Å². The van der Waals surface area contributed by atoms with Gasteiger partial charge >= 0.3 is 6.03 Å². The van der Waals surface area contributed by atoms with Crippen molar-refractivity contribution in [1.29, 1.82) is 0 Å². The number of nitrogens with zero attached hydrogens (tertiary/aromatic N) is 1. The lowest BCUT2D eigenvalue weighted by atomic mass is 9.77. The summed E-state index contributed by atoms with van der Waals surface area (Å²) < 4.78 is 11.5. The Morgan fingerprint density at radius 1 is 1.04 bits per heavy atom. The van der Waals surface area contributed by atoms with E-state index in [1.807, 2.05) is 4.90 Å². The maximum Gasteiger partial charge on any atom is 0.317 e. The molecular weight excluding hydrogens is 304 g/mol. The van der Waals surface area contributed by atoms with Gasteiger partial charge in [0.15, 0.2) is 5.79 Å². The second-order valence-electron chi connectivity index (χ2n) is 8.81. The Balaban J connectivity index is 1.45. The summed E-state index contributed by atoms with van der Waals surface area (Å²) in [4.78, 5) is 14.7. The van der Waals surface area contributed by atoms with Gasteiger partial charge in [-0.15, -0.1) is 0 Å². The minimum Gasteiger partial charge on any atom is -0.348 e. The number of hydrogen-bond donors (Lipinski definition) is 1. The molecule has 3 aliphatic rings. The molecule has 0 aromatic rings. The molecule has 2 heterocycles. The Morgan fingerprint density at radius 2 is 1.71 bits per heavy atom. The Hall–Kier alpha value is -0.810. The Bertz CT molecular complexity index is 430. The highest BCUT2D eigenvalue weighted by Gasteiger charge is 2.40. The summed E-state index contributed by atoms with van der Waals surface area (Å²) in [5, 5.41) is 3.25. The van der Waals surface area contributed by atoms with Crippen molar-refractivity contribution in [3.8, 4) is 0 Å². The number of ether oxygens (including phenoxy) is 2. The van der Waals surface area contributed by atoms with Gasteiger partial charge in [-0.05, 0) is 43.4 Å². The molecule has 1 atom stereocenters. The molecule has 0 radical (unpaired) electrons. The number of urea groups is 1. The fraction of sp³-hybridized carbons (Fsp3) is 0.947. The zero-order valence-corrected chi connectivity index (χ0v) is 15.6. The molecule has 0 unspecified atom stereocenters. The molecule has 2 saturated heterocycles. The highest BCUT2D eigenvalue weighted by atomic mass is 16.7. The monoisotopic (exact) mass is 338 g/mol. The van der Waals surface area contributed by atoms with Crippen molar-refractivity contribution < 1.29 is 14.3 Å². The average Bonchev–Trinajstić information content (AvgIpc) is 2.82. The predicted molar refractivity (Wildman–Crippen MR) is 93.8 cm³/mol. The van der Waals surface area contributed by atoms with Gasteiger partial charge in [-0.3, -0.25) is 0 Å². The Labute approximate surface area is 146 Å². The van der Waals surface area contributed by atoms with Gasteiger partial charge in [0.25, 0.3) is 0 Å². The van der Waals surface area contributed by atoms with Crippen LogP contribution < -0.4 is 5.32 Å². The molecule has 3 rings (SSSR count). The van der Waals surface area contributed by atoms with E-state index in [0.29, 0.717) is 24.5 Å². The molecule has 138 valence electrons. The van der Waals surface area contributed by atoms with Crippen LogP contribution in [-0.2, 0) is 9.47 Å². The maximum absolute atomic E-state index is 12.6. The number of hydrogen-bond acceptors (Lipinski definition) is 3. The van der Waals surface area contributed by atoms with Crippen LogP contribution in [0.25, 0.3) is 0 Å². The van der Waals surface area contributed by atoms with Crippen LogP contribution in [0.1, 0.15) is 65.7 Å². The van der Waals surface area contributed by atoms with Crippen molar-refractivity contribution in [2.24, 2.45) is 11.3 Å². The number of rotatable bonds is 1. The van der Waals surface area contributed by atoms with Crippen LogP contribution in [0, 0.1) is 11.3 Å². The third-order valence-electron chi connectivity index (χ3n) is 6.13. The van der Waals surface area contributed by atoms with Crippen LogP contribution in [0.15, 0.2) is 0 Å². The van der Waals surface area contributed by atoms with Gasteiger partial charge in [-0.1, -0.05) is 20.8 Å². The molecule has 0 aromatic heterocycles. The molecule has 0 bridgehead atoms. The molecule has 1 saturated carbocycles. The summed E-state index contributed by atoms with van der Waals surface area (Å²) in [6, 6.07) is 0.386. The molecule has 5 heteroatoms. The number of nitrogens with one attached hydrogen (secondary N) is 1. The molecule has 0 aromatic carbocycles. The summed E-state index contributed by atoms with van der Waals surface area (Å²) in [6.07, 6.45) is 7.15. The van der Waals surface area contributed by atoms with Crippen molar-refractivity contribution >= 4 is 6.03 Å². The largest absolute Gasteiger partial charge is 0.348 e. The second-order valence-corrected chi connectivity index (χ2v) is 8.81. The van der Waals surface area contributed by atoms with Crippen molar-refractivity contribution in [2.75, 3.05) is 26.3 Å². The van der Waals surface area contributed by atoms with Crippen LogP contribution in [0.2, 0.25) is 0 Å². The van der Waals surface area contributed by atoms with Crippen LogP contribution in [0.3, 0.4) is 0 Å². The van der Waals surface area contributed by atoms with Gasteiger partial charge in [0, 0.05) is 32.0 Å². The van der Waals surface area contributed by atoms with E-state index in [1.165, 1.54) is 6.42 Å². The molecule has 5 nitrogen and oxygen atoms in total. The van der Waals surface area contributed by atoms with Gasteiger partial charge in [0.2, 0.25) is 0 Å². The van der Waals surface area contributed by atoms with Gasteiger partial charge in [-0.2, -0.15) is 0 Å². The molecular formula is C19H34N2O3. The zero-order chi connectivity index (χ0) is 17.2. The van der Waals surface area contributed by atoms with E-state index >= 15 is 0 Å². The van der Waals surface area contributed by atoms with E-state index in [4.69, 9.17) is 9.47 Å². The van der Waals surface area contributed by atoms with Gasteiger partial charge < -0.3 is 19.7 Å². The zero-order valence-electron chi connectivity index (χ0n) is 15.6. The lowest BCUT2D eigenvalue weighted by molar-refractivity contribution is -0.179. The first-order valence-electron chi connectivity index (χ1n) is 9.71. The topological polar surface area (TPSA) is 50.8 Å². The highest BCUT2D eigenvalue weighted by molar-refractivity contribution is 5.74. The normalized spacial score (nSPS) is 28.8. The molecule has 24 heavy (non-hydrogen) atoms. The van der Waals surface area contributed by atoms with Crippen molar-refractivity contribution in [2.45, 2.75) is 77.5 Å². The van der Waals surface area contributed by atoms with Crippen LogP contribution in [0.5, 0.6) is 0 Å². The molecule has 2 aliphatic heterocycles. The predicted octanol–water partition coefficient (Wildman–Crippen LogP) is 3.53. The number of carbonyl (C=O) groups excluding carboxylic acids is 1. The van der Waals surface area contributed by atoms with Crippen molar-refractivity contribution in [1.82, 2.24) is 10.2 Å². The molecule has 3 fully saturated rings. The van der Waals surface area contributed by atoms with Crippen LogP contribution >= 0.6 is 0 Å². The summed E-state index contributed by atoms with van der Waals surface area (Å²) in [7, 11) is 0. The standard InChI is InChI=1S/C19H34N2O3/c1-18(2,3)15-5-4-11-21(12-8-15)17(22)20-16-6-9-19(10-7-16)23-13-14-24-19/h15-16H,4-14H2,1-3H3,(H,20,22)/t15-/m1/s1. The minimum atomic E-state index is -0.343. The number of amides is 2. The SMILES string of the molecule is CC(C)(C)[C@@H]1CCCN(C(=O)NC2CCC3(CC2)OCCO3)CC1. The smallest absolute Gasteiger partial charge is 0.317 e. The summed E-state index contributed by atoms with van der Waals surface area (Å²) in [6.45, 7) is 10.1. The lowest BCUT2D eigenvalue weighted by Gasteiger charge is -2.36.